The fourth-order valence-corrected chi connectivity index (χ4v) is 3.22. The summed E-state index contributed by atoms with van der Waals surface area (Å²) in [6.07, 6.45) is 7.22. The zero-order valence-electron chi connectivity index (χ0n) is 12.2. The molecular formula is C17H25NO2. The highest BCUT2D eigenvalue weighted by molar-refractivity contribution is 5.75. The van der Waals surface area contributed by atoms with Crippen molar-refractivity contribution in [1.29, 1.82) is 0 Å². The second-order valence-corrected chi connectivity index (χ2v) is 5.85. The number of benzene rings is 1. The first-order chi connectivity index (χ1) is 9.70. The Morgan fingerprint density at radius 2 is 1.90 bits per heavy atom. The smallest absolute Gasteiger partial charge is 0.325 e. The molecule has 1 aliphatic rings. The minimum Gasteiger partial charge on any atom is -0.480 e. The molecule has 2 rings (SSSR count). The molecule has 0 aliphatic heterocycles. The summed E-state index contributed by atoms with van der Waals surface area (Å²) >= 11 is 0. The van der Waals surface area contributed by atoms with Gasteiger partial charge >= 0.3 is 5.97 Å². The number of carboxylic acids is 1. The molecule has 1 atom stereocenters. The molecule has 0 bridgehead atoms. The lowest BCUT2D eigenvalue weighted by atomic mass is 9.83. The van der Waals surface area contributed by atoms with Gasteiger partial charge in [-0.1, -0.05) is 50.1 Å². The second-order valence-electron chi connectivity index (χ2n) is 5.85. The number of carboxylic acid groups (broad SMARTS) is 1. The summed E-state index contributed by atoms with van der Waals surface area (Å²) in [6.45, 7) is 2.24. The first-order valence-electron chi connectivity index (χ1n) is 7.74. The van der Waals surface area contributed by atoms with Crippen LogP contribution in [-0.2, 0) is 4.79 Å². The third-order valence-corrected chi connectivity index (χ3v) is 4.33. The van der Waals surface area contributed by atoms with Crippen LogP contribution in [0.15, 0.2) is 30.3 Å². The van der Waals surface area contributed by atoms with Gasteiger partial charge in [-0.2, -0.15) is 0 Å². The lowest BCUT2D eigenvalue weighted by Crippen LogP contribution is -2.39. The van der Waals surface area contributed by atoms with Gasteiger partial charge in [0.15, 0.2) is 0 Å². The summed E-state index contributed by atoms with van der Waals surface area (Å²) in [4.78, 5) is 11.5. The van der Waals surface area contributed by atoms with Crippen molar-refractivity contribution in [3.63, 3.8) is 0 Å². The lowest BCUT2D eigenvalue weighted by molar-refractivity contribution is -0.140. The van der Waals surface area contributed by atoms with Crippen LogP contribution in [-0.4, -0.2) is 17.1 Å². The summed E-state index contributed by atoms with van der Waals surface area (Å²) in [5.74, 6) is 0.0601. The van der Waals surface area contributed by atoms with E-state index in [4.69, 9.17) is 0 Å². The van der Waals surface area contributed by atoms with E-state index in [-0.39, 0.29) is 0 Å². The van der Waals surface area contributed by atoms with Crippen molar-refractivity contribution < 1.29 is 9.90 Å². The summed E-state index contributed by atoms with van der Waals surface area (Å²) in [7, 11) is 0. The van der Waals surface area contributed by atoms with Crippen LogP contribution in [0.25, 0.3) is 0 Å². The molecule has 0 saturated heterocycles. The fourth-order valence-electron chi connectivity index (χ4n) is 3.22. The van der Waals surface area contributed by atoms with E-state index in [2.05, 4.69) is 12.2 Å². The van der Waals surface area contributed by atoms with Crippen molar-refractivity contribution in [2.75, 3.05) is 0 Å². The molecule has 0 aromatic heterocycles. The molecule has 1 unspecified atom stereocenters. The van der Waals surface area contributed by atoms with Gasteiger partial charge in [-0.3, -0.25) is 10.1 Å². The van der Waals surface area contributed by atoms with E-state index in [1.54, 1.807) is 0 Å². The molecule has 1 saturated carbocycles. The van der Waals surface area contributed by atoms with E-state index in [1.807, 2.05) is 30.3 Å². The van der Waals surface area contributed by atoms with Gasteiger partial charge in [-0.25, -0.2) is 0 Å². The largest absolute Gasteiger partial charge is 0.480 e. The zero-order valence-corrected chi connectivity index (χ0v) is 12.2. The SMILES string of the molecule is CCCC1CCC(NC(C(=O)O)c2ccccc2)CC1. The molecule has 1 aromatic carbocycles. The Morgan fingerprint density at radius 1 is 1.25 bits per heavy atom. The van der Waals surface area contributed by atoms with Crippen LogP contribution in [0.5, 0.6) is 0 Å². The van der Waals surface area contributed by atoms with Crippen LogP contribution in [0.2, 0.25) is 0 Å². The second kappa shape index (κ2) is 7.44. The van der Waals surface area contributed by atoms with Crippen LogP contribution in [0.1, 0.15) is 57.1 Å². The monoisotopic (exact) mass is 275 g/mol. The quantitative estimate of drug-likeness (QED) is 0.831. The third-order valence-electron chi connectivity index (χ3n) is 4.33. The Morgan fingerprint density at radius 3 is 2.45 bits per heavy atom. The van der Waals surface area contributed by atoms with E-state index < -0.39 is 12.0 Å². The number of hydrogen-bond donors (Lipinski definition) is 2. The van der Waals surface area contributed by atoms with E-state index in [1.165, 1.54) is 25.7 Å². The number of nitrogens with one attached hydrogen (secondary N) is 1. The topological polar surface area (TPSA) is 49.3 Å². The molecule has 0 amide bonds. The molecule has 2 N–H and O–H groups in total. The Hall–Kier alpha value is -1.35. The van der Waals surface area contributed by atoms with Gasteiger partial charge in [0.05, 0.1) is 0 Å². The van der Waals surface area contributed by atoms with Crippen LogP contribution in [0.4, 0.5) is 0 Å². The Labute approximate surface area is 121 Å². The number of carbonyl (C=O) groups is 1. The minimum absolute atomic E-state index is 0.337. The van der Waals surface area contributed by atoms with Crippen molar-refractivity contribution in [1.82, 2.24) is 5.32 Å². The maximum atomic E-state index is 11.5. The normalized spacial score (nSPS) is 24.2. The maximum Gasteiger partial charge on any atom is 0.325 e. The number of hydrogen-bond acceptors (Lipinski definition) is 2. The number of rotatable bonds is 6. The first-order valence-corrected chi connectivity index (χ1v) is 7.74. The lowest BCUT2D eigenvalue weighted by Gasteiger charge is -2.31. The molecule has 1 aromatic rings. The van der Waals surface area contributed by atoms with Crippen molar-refractivity contribution in [2.45, 2.75) is 57.5 Å². The molecule has 3 nitrogen and oxygen atoms in total. The maximum absolute atomic E-state index is 11.5. The Kier molecular flexibility index (Phi) is 5.60. The molecule has 0 heterocycles. The third kappa shape index (κ3) is 4.07. The van der Waals surface area contributed by atoms with E-state index in [9.17, 15) is 9.90 Å². The predicted octanol–water partition coefficient (Wildman–Crippen LogP) is 3.76. The minimum atomic E-state index is -0.785. The summed E-state index contributed by atoms with van der Waals surface area (Å²) in [5, 5.41) is 12.8. The summed E-state index contributed by atoms with van der Waals surface area (Å²) in [5.41, 5.74) is 0.843. The highest BCUT2D eigenvalue weighted by Gasteiger charge is 2.26. The average molecular weight is 275 g/mol. The molecule has 1 fully saturated rings. The summed E-state index contributed by atoms with van der Waals surface area (Å²) < 4.78 is 0. The molecule has 0 radical (unpaired) electrons. The highest BCUT2D eigenvalue weighted by atomic mass is 16.4. The van der Waals surface area contributed by atoms with E-state index in [0.29, 0.717) is 6.04 Å². The zero-order chi connectivity index (χ0) is 14.4. The highest BCUT2D eigenvalue weighted by Crippen LogP contribution is 2.29. The molecule has 1 aliphatic carbocycles. The number of aliphatic carboxylic acids is 1. The molecule has 0 spiro atoms. The predicted molar refractivity (Wildman–Crippen MR) is 80.6 cm³/mol. The van der Waals surface area contributed by atoms with Gasteiger partial charge in [0, 0.05) is 6.04 Å². The standard InChI is InChI=1S/C17H25NO2/c1-2-6-13-9-11-15(12-10-13)18-16(17(19)20)14-7-4-3-5-8-14/h3-5,7-8,13,15-16,18H,2,6,9-12H2,1H3,(H,19,20). The van der Waals surface area contributed by atoms with E-state index >= 15 is 0 Å². The molecular weight excluding hydrogens is 250 g/mol. The van der Waals surface area contributed by atoms with Gasteiger partial charge in [0.1, 0.15) is 6.04 Å². The fraction of sp³-hybridized carbons (Fsp3) is 0.588. The first kappa shape index (κ1) is 15.0. The van der Waals surface area contributed by atoms with Crippen molar-refractivity contribution in [2.24, 2.45) is 5.92 Å². The molecule has 110 valence electrons. The summed E-state index contributed by atoms with van der Waals surface area (Å²) in [6, 6.07) is 9.23. The van der Waals surface area contributed by atoms with Gasteiger partial charge < -0.3 is 5.11 Å². The van der Waals surface area contributed by atoms with Crippen LogP contribution < -0.4 is 5.32 Å². The van der Waals surface area contributed by atoms with Crippen LogP contribution in [0, 0.1) is 5.92 Å². The molecule has 3 heteroatoms. The van der Waals surface area contributed by atoms with Crippen molar-refractivity contribution >= 4 is 5.97 Å². The van der Waals surface area contributed by atoms with Gasteiger partial charge in [0.2, 0.25) is 0 Å². The van der Waals surface area contributed by atoms with Crippen LogP contribution in [0.3, 0.4) is 0 Å². The Bertz CT molecular complexity index is 410. The van der Waals surface area contributed by atoms with Gasteiger partial charge in [-0.05, 0) is 37.2 Å². The van der Waals surface area contributed by atoms with Gasteiger partial charge in [-0.15, -0.1) is 0 Å². The van der Waals surface area contributed by atoms with Crippen molar-refractivity contribution in [3.05, 3.63) is 35.9 Å². The van der Waals surface area contributed by atoms with Crippen LogP contribution >= 0.6 is 0 Å². The van der Waals surface area contributed by atoms with Gasteiger partial charge in [0.25, 0.3) is 0 Å². The average Bonchev–Trinajstić information content (AvgIpc) is 2.47. The van der Waals surface area contributed by atoms with E-state index in [0.717, 1.165) is 24.3 Å². The molecule has 20 heavy (non-hydrogen) atoms. The van der Waals surface area contributed by atoms with Crippen molar-refractivity contribution in [3.8, 4) is 0 Å². The Balaban J connectivity index is 1.92.